The summed E-state index contributed by atoms with van der Waals surface area (Å²) >= 11 is 0. The number of rotatable bonds is 4. The maximum Gasteiger partial charge on any atom is 0.321 e. The fraction of sp³-hybridized carbons (Fsp3) is 0.364. The van der Waals surface area contributed by atoms with Gasteiger partial charge in [-0.25, -0.2) is 18.4 Å². The topological polar surface area (TPSA) is 92.5 Å². The summed E-state index contributed by atoms with van der Waals surface area (Å²) in [6.07, 6.45) is 0. The van der Waals surface area contributed by atoms with Gasteiger partial charge in [0.2, 0.25) is 10.0 Å². The number of primary sulfonamides is 1. The molecule has 0 saturated carbocycles. The van der Waals surface area contributed by atoms with Crippen LogP contribution in [0.2, 0.25) is 0 Å². The molecule has 0 aliphatic carbocycles. The number of nitrogens with one attached hydrogen (secondary N) is 1. The Labute approximate surface area is 107 Å². The normalized spacial score (nSPS) is 11.1. The maximum absolute atomic E-state index is 11.6. The van der Waals surface area contributed by atoms with E-state index in [-0.39, 0.29) is 11.8 Å². The van der Waals surface area contributed by atoms with Crippen LogP contribution >= 0.6 is 0 Å². The number of urea groups is 1. The van der Waals surface area contributed by atoms with Crippen molar-refractivity contribution >= 4 is 21.7 Å². The van der Waals surface area contributed by atoms with Crippen LogP contribution in [0.5, 0.6) is 0 Å². The molecule has 7 heteroatoms. The van der Waals surface area contributed by atoms with E-state index in [1.54, 1.807) is 31.3 Å². The first kappa shape index (κ1) is 14.5. The predicted molar refractivity (Wildman–Crippen MR) is 70.6 cm³/mol. The SMILES string of the molecule is CCN(C)C(=O)Nc1ccc(CS(N)(=O)=O)cc1. The zero-order chi connectivity index (χ0) is 13.8. The van der Waals surface area contributed by atoms with Crippen molar-refractivity contribution in [1.29, 1.82) is 0 Å². The van der Waals surface area contributed by atoms with E-state index >= 15 is 0 Å². The molecular weight excluding hydrogens is 254 g/mol. The largest absolute Gasteiger partial charge is 0.328 e. The second kappa shape index (κ2) is 5.83. The number of carbonyl (C=O) groups is 1. The number of amides is 2. The van der Waals surface area contributed by atoms with Crippen LogP contribution < -0.4 is 10.5 Å². The maximum atomic E-state index is 11.6. The summed E-state index contributed by atoms with van der Waals surface area (Å²) in [4.78, 5) is 13.1. The second-order valence-corrected chi connectivity index (χ2v) is 5.56. The van der Waals surface area contributed by atoms with Gasteiger partial charge in [-0.3, -0.25) is 0 Å². The molecule has 0 spiro atoms. The molecule has 0 aliphatic heterocycles. The minimum absolute atomic E-state index is 0.211. The summed E-state index contributed by atoms with van der Waals surface area (Å²) < 4.78 is 21.8. The molecule has 2 amide bonds. The number of benzene rings is 1. The highest BCUT2D eigenvalue weighted by atomic mass is 32.2. The lowest BCUT2D eigenvalue weighted by Gasteiger charge is -2.15. The van der Waals surface area contributed by atoms with Gasteiger partial charge in [-0.2, -0.15) is 0 Å². The third-order valence-corrected chi connectivity index (χ3v) is 3.13. The van der Waals surface area contributed by atoms with E-state index in [9.17, 15) is 13.2 Å². The first-order valence-corrected chi connectivity index (χ1v) is 7.15. The Balaban J connectivity index is 2.69. The average Bonchev–Trinajstić information content (AvgIpc) is 2.28. The third kappa shape index (κ3) is 4.72. The lowest BCUT2D eigenvalue weighted by Crippen LogP contribution is -2.30. The Hall–Kier alpha value is -1.60. The van der Waals surface area contributed by atoms with Gasteiger partial charge in [-0.1, -0.05) is 12.1 Å². The molecular formula is C11H17N3O3S. The highest BCUT2D eigenvalue weighted by molar-refractivity contribution is 7.88. The third-order valence-electron chi connectivity index (χ3n) is 2.39. The van der Waals surface area contributed by atoms with Crippen LogP contribution in [0.3, 0.4) is 0 Å². The monoisotopic (exact) mass is 271 g/mol. The molecule has 1 aromatic rings. The molecule has 3 N–H and O–H groups in total. The van der Waals surface area contributed by atoms with Crippen LogP contribution in [-0.4, -0.2) is 32.9 Å². The lowest BCUT2D eigenvalue weighted by atomic mass is 10.2. The molecule has 0 aromatic heterocycles. The van der Waals surface area contributed by atoms with E-state index in [0.29, 0.717) is 17.8 Å². The molecule has 100 valence electrons. The number of hydrogen-bond donors (Lipinski definition) is 2. The van der Waals surface area contributed by atoms with E-state index in [1.165, 1.54) is 4.90 Å². The second-order valence-electron chi connectivity index (χ2n) is 3.95. The summed E-state index contributed by atoms with van der Waals surface area (Å²) in [7, 11) is -1.84. The van der Waals surface area contributed by atoms with Gasteiger partial charge < -0.3 is 10.2 Å². The predicted octanol–water partition coefficient (Wildman–Crippen LogP) is 0.959. The molecule has 1 rings (SSSR count). The number of nitrogens with zero attached hydrogens (tertiary/aromatic N) is 1. The Morgan fingerprint density at radius 1 is 1.33 bits per heavy atom. The van der Waals surface area contributed by atoms with Crippen LogP contribution in [0.15, 0.2) is 24.3 Å². The number of sulfonamides is 1. The Morgan fingerprint density at radius 2 is 1.89 bits per heavy atom. The summed E-state index contributed by atoms with van der Waals surface area (Å²) in [6.45, 7) is 2.48. The van der Waals surface area contributed by atoms with E-state index in [4.69, 9.17) is 5.14 Å². The number of nitrogens with two attached hydrogens (primary N) is 1. The van der Waals surface area contributed by atoms with Gasteiger partial charge in [0.05, 0.1) is 5.75 Å². The smallest absolute Gasteiger partial charge is 0.321 e. The van der Waals surface area contributed by atoms with Crippen LogP contribution in [0.1, 0.15) is 12.5 Å². The summed E-state index contributed by atoms with van der Waals surface area (Å²) in [6, 6.07) is 6.30. The molecule has 0 saturated heterocycles. The molecule has 18 heavy (non-hydrogen) atoms. The molecule has 1 aromatic carbocycles. The number of carbonyl (C=O) groups excluding carboxylic acids is 1. The Kier molecular flexibility index (Phi) is 4.69. The number of anilines is 1. The van der Waals surface area contributed by atoms with Crippen LogP contribution in [0.25, 0.3) is 0 Å². The first-order chi connectivity index (χ1) is 8.31. The zero-order valence-electron chi connectivity index (χ0n) is 10.4. The van der Waals surface area contributed by atoms with Crippen molar-refractivity contribution in [2.45, 2.75) is 12.7 Å². The van der Waals surface area contributed by atoms with E-state index in [1.807, 2.05) is 6.92 Å². The van der Waals surface area contributed by atoms with E-state index < -0.39 is 10.0 Å². The van der Waals surface area contributed by atoms with Gasteiger partial charge in [0, 0.05) is 19.3 Å². The van der Waals surface area contributed by atoms with Gasteiger partial charge in [0.25, 0.3) is 0 Å². The minimum Gasteiger partial charge on any atom is -0.328 e. The lowest BCUT2D eigenvalue weighted by molar-refractivity contribution is 0.224. The van der Waals surface area contributed by atoms with Gasteiger partial charge in [-0.05, 0) is 24.6 Å². The van der Waals surface area contributed by atoms with Crippen molar-refractivity contribution in [3.63, 3.8) is 0 Å². The highest BCUT2D eigenvalue weighted by Crippen LogP contribution is 2.11. The average molecular weight is 271 g/mol. The Morgan fingerprint density at radius 3 is 2.33 bits per heavy atom. The minimum atomic E-state index is -3.53. The summed E-state index contributed by atoms with van der Waals surface area (Å²) in [5.41, 5.74) is 1.19. The van der Waals surface area contributed by atoms with Crippen LogP contribution in [-0.2, 0) is 15.8 Å². The molecule has 0 aliphatic rings. The van der Waals surface area contributed by atoms with E-state index in [0.717, 1.165) is 0 Å². The van der Waals surface area contributed by atoms with Crippen molar-refractivity contribution in [2.24, 2.45) is 5.14 Å². The molecule has 0 bridgehead atoms. The van der Waals surface area contributed by atoms with Gasteiger partial charge in [0.1, 0.15) is 0 Å². The van der Waals surface area contributed by atoms with Crippen LogP contribution in [0.4, 0.5) is 10.5 Å². The van der Waals surface area contributed by atoms with Gasteiger partial charge >= 0.3 is 6.03 Å². The summed E-state index contributed by atoms with van der Waals surface area (Å²) in [5, 5.41) is 7.63. The quantitative estimate of drug-likeness (QED) is 0.854. The van der Waals surface area contributed by atoms with Gasteiger partial charge in [0.15, 0.2) is 0 Å². The Bertz CT molecular complexity index is 511. The molecule has 0 atom stereocenters. The fourth-order valence-corrected chi connectivity index (χ4v) is 1.94. The van der Waals surface area contributed by atoms with Crippen LogP contribution in [0, 0.1) is 0 Å². The van der Waals surface area contributed by atoms with Gasteiger partial charge in [-0.15, -0.1) is 0 Å². The molecule has 6 nitrogen and oxygen atoms in total. The zero-order valence-corrected chi connectivity index (χ0v) is 11.2. The summed E-state index contributed by atoms with van der Waals surface area (Å²) in [5.74, 6) is -0.212. The van der Waals surface area contributed by atoms with Crippen molar-refractivity contribution in [1.82, 2.24) is 4.90 Å². The highest BCUT2D eigenvalue weighted by Gasteiger charge is 2.07. The molecule has 0 radical (unpaired) electrons. The standard InChI is InChI=1S/C11H17N3O3S/c1-3-14(2)11(15)13-10-6-4-9(5-7-10)8-18(12,16)17/h4-7H,3,8H2,1-2H3,(H,13,15)(H2,12,16,17). The molecule has 0 heterocycles. The van der Waals surface area contributed by atoms with E-state index in [2.05, 4.69) is 5.32 Å². The number of hydrogen-bond acceptors (Lipinski definition) is 3. The van der Waals surface area contributed by atoms with Crippen molar-refractivity contribution < 1.29 is 13.2 Å². The van der Waals surface area contributed by atoms with Crippen molar-refractivity contribution in [3.05, 3.63) is 29.8 Å². The van der Waals surface area contributed by atoms with Crippen molar-refractivity contribution in [3.8, 4) is 0 Å². The fourth-order valence-electron chi connectivity index (χ4n) is 1.28. The molecule has 0 fully saturated rings. The first-order valence-electron chi connectivity index (χ1n) is 5.43. The molecule has 0 unspecified atom stereocenters. The van der Waals surface area contributed by atoms with Crippen molar-refractivity contribution in [2.75, 3.05) is 18.9 Å².